The molecule has 1 aromatic carbocycles. The number of nitrogens with zero attached hydrogens (tertiary/aromatic N) is 2. The van der Waals surface area contributed by atoms with Crippen molar-refractivity contribution < 1.29 is 13.2 Å². The Labute approximate surface area is 123 Å². The second-order valence-corrected chi connectivity index (χ2v) is 5.18. The van der Waals surface area contributed by atoms with Crippen LogP contribution >= 0.6 is 15.9 Å². The van der Waals surface area contributed by atoms with Gasteiger partial charge in [0.1, 0.15) is 5.82 Å². The fourth-order valence-electron chi connectivity index (χ4n) is 1.78. The number of hydrogen-bond donors (Lipinski definition) is 1. The van der Waals surface area contributed by atoms with Gasteiger partial charge in [-0.1, -0.05) is 0 Å². The topological polar surface area (TPSA) is 29.9 Å². The van der Waals surface area contributed by atoms with Gasteiger partial charge in [0.15, 0.2) is 0 Å². The molecule has 0 aliphatic heterocycles. The van der Waals surface area contributed by atoms with Crippen molar-refractivity contribution in [2.75, 3.05) is 11.9 Å². The number of rotatable bonds is 4. The molecule has 0 amide bonds. The molecule has 20 heavy (non-hydrogen) atoms. The molecule has 0 saturated carbocycles. The van der Waals surface area contributed by atoms with E-state index in [0.717, 1.165) is 18.0 Å². The third kappa shape index (κ3) is 3.53. The van der Waals surface area contributed by atoms with Crippen molar-refractivity contribution in [2.24, 2.45) is 7.05 Å². The van der Waals surface area contributed by atoms with Crippen molar-refractivity contribution in [1.29, 1.82) is 0 Å². The van der Waals surface area contributed by atoms with Crippen LogP contribution in [0.15, 0.2) is 35.1 Å². The van der Waals surface area contributed by atoms with Crippen LogP contribution in [0.25, 0.3) is 0 Å². The Morgan fingerprint density at radius 2 is 2.10 bits per heavy atom. The van der Waals surface area contributed by atoms with E-state index in [1.807, 2.05) is 17.8 Å². The normalized spacial score (nSPS) is 11.7. The molecule has 0 aliphatic carbocycles. The largest absolute Gasteiger partial charge is 0.416 e. The van der Waals surface area contributed by atoms with Crippen molar-refractivity contribution >= 4 is 21.6 Å². The number of nitrogens with one attached hydrogen (secondary N) is 1. The molecular formula is C13H13BrF3N3. The minimum atomic E-state index is -4.33. The molecule has 0 saturated heterocycles. The van der Waals surface area contributed by atoms with Crippen LogP contribution in [0.5, 0.6) is 0 Å². The second-order valence-electron chi connectivity index (χ2n) is 4.32. The molecule has 7 heteroatoms. The number of aromatic nitrogens is 2. The van der Waals surface area contributed by atoms with Crippen LogP contribution < -0.4 is 5.32 Å². The van der Waals surface area contributed by atoms with Gasteiger partial charge < -0.3 is 9.88 Å². The van der Waals surface area contributed by atoms with Gasteiger partial charge >= 0.3 is 6.18 Å². The number of anilines is 1. The van der Waals surface area contributed by atoms with Gasteiger partial charge in [-0.25, -0.2) is 4.98 Å². The van der Waals surface area contributed by atoms with Gasteiger partial charge in [-0.05, 0) is 34.1 Å². The highest BCUT2D eigenvalue weighted by Gasteiger charge is 2.30. The smallest absolute Gasteiger partial charge is 0.384 e. The summed E-state index contributed by atoms with van der Waals surface area (Å²) < 4.78 is 39.9. The monoisotopic (exact) mass is 347 g/mol. The third-order valence-electron chi connectivity index (χ3n) is 2.88. The van der Waals surface area contributed by atoms with Crippen LogP contribution in [0.4, 0.5) is 18.9 Å². The Kier molecular flexibility index (Phi) is 4.37. The average Bonchev–Trinajstić information content (AvgIpc) is 2.76. The number of alkyl halides is 3. The van der Waals surface area contributed by atoms with Crippen molar-refractivity contribution in [1.82, 2.24) is 9.55 Å². The van der Waals surface area contributed by atoms with E-state index >= 15 is 0 Å². The molecule has 0 bridgehead atoms. The van der Waals surface area contributed by atoms with Gasteiger partial charge in [0.25, 0.3) is 0 Å². The standard InChI is InChI=1S/C13H13BrF3N3/c1-20-7-6-19-12(20)4-5-18-11-3-2-9(8-10(11)14)13(15,16)17/h2-3,6-8,18H,4-5H2,1H3. The predicted molar refractivity (Wildman–Crippen MR) is 74.5 cm³/mol. The number of aryl methyl sites for hydroxylation is 1. The zero-order valence-corrected chi connectivity index (χ0v) is 12.3. The zero-order chi connectivity index (χ0) is 14.8. The van der Waals surface area contributed by atoms with Gasteiger partial charge in [-0.15, -0.1) is 0 Å². The molecule has 2 aromatic rings. The van der Waals surface area contributed by atoms with Gasteiger partial charge in [-0.2, -0.15) is 13.2 Å². The zero-order valence-electron chi connectivity index (χ0n) is 10.7. The van der Waals surface area contributed by atoms with Crippen molar-refractivity contribution in [3.63, 3.8) is 0 Å². The molecule has 0 unspecified atom stereocenters. The van der Waals surface area contributed by atoms with E-state index in [1.54, 1.807) is 6.20 Å². The average molecular weight is 348 g/mol. The molecule has 1 heterocycles. The molecule has 3 nitrogen and oxygen atoms in total. The van der Waals surface area contributed by atoms with Gasteiger partial charge in [0, 0.05) is 42.6 Å². The van der Waals surface area contributed by atoms with Crippen LogP contribution in [0, 0.1) is 0 Å². The molecule has 0 radical (unpaired) electrons. The maximum Gasteiger partial charge on any atom is 0.416 e. The van der Waals surface area contributed by atoms with E-state index in [2.05, 4.69) is 26.2 Å². The van der Waals surface area contributed by atoms with Crippen molar-refractivity contribution in [3.8, 4) is 0 Å². The van der Waals surface area contributed by atoms with E-state index in [0.29, 0.717) is 23.1 Å². The molecule has 0 atom stereocenters. The minimum absolute atomic E-state index is 0.396. The molecule has 0 aliphatic rings. The Bertz CT molecular complexity index is 593. The van der Waals surface area contributed by atoms with Crippen LogP contribution in [-0.2, 0) is 19.6 Å². The number of benzene rings is 1. The Balaban J connectivity index is 1.98. The van der Waals surface area contributed by atoms with E-state index in [-0.39, 0.29) is 0 Å². The lowest BCUT2D eigenvalue weighted by Crippen LogP contribution is -2.10. The summed E-state index contributed by atoms with van der Waals surface area (Å²) in [7, 11) is 1.90. The molecule has 108 valence electrons. The fourth-order valence-corrected chi connectivity index (χ4v) is 2.30. The quantitative estimate of drug-likeness (QED) is 0.910. The van der Waals surface area contributed by atoms with Crippen molar-refractivity contribution in [2.45, 2.75) is 12.6 Å². The lowest BCUT2D eigenvalue weighted by Gasteiger charge is -2.12. The number of hydrogen-bond acceptors (Lipinski definition) is 2. The summed E-state index contributed by atoms with van der Waals surface area (Å²) in [6.07, 6.45) is -0.0717. The summed E-state index contributed by atoms with van der Waals surface area (Å²) in [5, 5.41) is 3.09. The fraction of sp³-hybridized carbons (Fsp3) is 0.308. The third-order valence-corrected chi connectivity index (χ3v) is 3.54. The van der Waals surface area contributed by atoms with Crippen LogP contribution in [0.3, 0.4) is 0 Å². The SMILES string of the molecule is Cn1ccnc1CCNc1ccc(C(F)(F)F)cc1Br. The summed E-state index contributed by atoms with van der Waals surface area (Å²) >= 11 is 3.15. The maximum absolute atomic E-state index is 12.5. The van der Waals surface area contributed by atoms with Gasteiger partial charge in [-0.3, -0.25) is 0 Å². The van der Waals surface area contributed by atoms with E-state index in [1.165, 1.54) is 6.07 Å². The summed E-state index contributed by atoms with van der Waals surface area (Å²) in [6, 6.07) is 3.56. The molecule has 1 aromatic heterocycles. The van der Waals surface area contributed by atoms with Gasteiger partial charge in [0.05, 0.1) is 5.56 Å². The predicted octanol–water partition coefficient (Wildman–Crippen LogP) is 3.86. The maximum atomic E-state index is 12.5. The van der Waals surface area contributed by atoms with Gasteiger partial charge in [0.2, 0.25) is 0 Å². The molecular weight excluding hydrogens is 335 g/mol. The Morgan fingerprint density at radius 1 is 1.35 bits per heavy atom. The highest BCUT2D eigenvalue weighted by atomic mass is 79.9. The van der Waals surface area contributed by atoms with E-state index < -0.39 is 11.7 Å². The summed E-state index contributed by atoms with van der Waals surface area (Å²) in [4.78, 5) is 4.18. The number of halogens is 4. The van der Waals surface area contributed by atoms with Crippen LogP contribution in [0.2, 0.25) is 0 Å². The first-order chi connectivity index (χ1) is 9.38. The molecule has 2 rings (SSSR count). The summed E-state index contributed by atoms with van der Waals surface area (Å²) in [5.41, 5.74) is -0.0359. The number of imidazole rings is 1. The first-order valence-corrected chi connectivity index (χ1v) is 6.74. The van der Waals surface area contributed by atoms with Crippen LogP contribution in [0.1, 0.15) is 11.4 Å². The highest BCUT2D eigenvalue weighted by Crippen LogP contribution is 2.33. The minimum Gasteiger partial charge on any atom is -0.384 e. The summed E-state index contributed by atoms with van der Waals surface area (Å²) in [5.74, 6) is 0.917. The lowest BCUT2D eigenvalue weighted by molar-refractivity contribution is -0.137. The lowest BCUT2D eigenvalue weighted by atomic mass is 10.2. The Morgan fingerprint density at radius 3 is 2.65 bits per heavy atom. The molecule has 0 fully saturated rings. The van der Waals surface area contributed by atoms with E-state index in [9.17, 15) is 13.2 Å². The second kappa shape index (κ2) is 5.87. The Hall–Kier alpha value is -1.50. The van der Waals surface area contributed by atoms with Crippen molar-refractivity contribution in [3.05, 3.63) is 46.5 Å². The molecule has 0 spiro atoms. The highest BCUT2D eigenvalue weighted by molar-refractivity contribution is 9.10. The van der Waals surface area contributed by atoms with Crippen LogP contribution in [-0.4, -0.2) is 16.1 Å². The van der Waals surface area contributed by atoms with E-state index in [4.69, 9.17) is 0 Å². The molecule has 1 N–H and O–H groups in total. The summed E-state index contributed by atoms with van der Waals surface area (Å²) in [6.45, 7) is 0.592. The first-order valence-electron chi connectivity index (χ1n) is 5.95. The first kappa shape index (κ1) is 14.9.